The molecule has 0 aromatic rings. The van der Waals surface area contributed by atoms with E-state index in [1.54, 1.807) is 0 Å². The molecule has 0 aromatic carbocycles. The molecule has 1 N–H and O–H groups in total. The predicted molar refractivity (Wildman–Crippen MR) is 69.9 cm³/mol. The summed E-state index contributed by atoms with van der Waals surface area (Å²) in [5.74, 6) is 1.13. The molecule has 0 saturated carbocycles. The summed E-state index contributed by atoms with van der Waals surface area (Å²) in [7, 11) is 0. The highest BCUT2D eigenvalue weighted by molar-refractivity contribution is 5.76. The average Bonchev–Trinajstić information content (AvgIpc) is 2.82. The summed E-state index contributed by atoms with van der Waals surface area (Å²) in [6.07, 6.45) is 8.06. The number of unbranched alkanes of at least 4 members (excludes halogenated alkanes) is 3. The SMILES string of the molecule is CCCCCCC(=O)N1CCCC2CNCC21. The standard InChI is InChI=1S/C14H26N2O/c1-2-3-4-5-8-14(17)16-9-6-7-12-10-15-11-13(12)16/h12-13,15H,2-11H2,1H3. The zero-order valence-electron chi connectivity index (χ0n) is 11.1. The molecule has 0 bridgehead atoms. The third kappa shape index (κ3) is 3.21. The number of piperidine rings is 1. The second-order valence-corrected chi connectivity index (χ2v) is 5.53. The van der Waals surface area contributed by atoms with Gasteiger partial charge in [0.05, 0.1) is 0 Å². The number of hydrogen-bond acceptors (Lipinski definition) is 2. The van der Waals surface area contributed by atoms with Gasteiger partial charge in [0.2, 0.25) is 5.91 Å². The van der Waals surface area contributed by atoms with Crippen LogP contribution in [0.3, 0.4) is 0 Å². The molecule has 17 heavy (non-hydrogen) atoms. The Morgan fingerprint density at radius 3 is 3.00 bits per heavy atom. The van der Waals surface area contributed by atoms with Crippen LogP contribution in [-0.2, 0) is 4.79 Å². The summed E-state index contributed by atoms with van der Waals surface area (Å²) >= 11 is 0. The van der Waals surface area contributed by atoms with Gasteiger partial charge >= 0.3 is 0 Å². The van der Waals surface area contributed by atoms with Gasteiger partial charge in [-0.1, -0.05) is 26.2 Å². The van der Waals surface area contributed by atoms with Gasteiger partial charge in [0.25, 0.3) is 0 Å². The van der Waals surface area contributed by atoms with E-state index in [0.29, 0.717) is 11.9 Å². The molecule has 2 atom stereocenters. The van der Waals surface area contributed by atoms with E-state index in [1.807, 2.05) is 0 Å². The normalized spacial score (nSPS) is 28.2. The highest BCUT2D eigenvalue weighted by Gasteiger charge is 2.36. The molecule has 0 spiro atoms. The Kier molecular flexibility index (Phi) is 4.84. The number of nitrogens with zero attached hydrogens (tertiary/aromatic N) is 1. The van der Waals surface area contributed by atoms with Crippen molar-refractivity contribution < 1.29 is 4.79 Å². The molecule has 2 aliphatic rings. The van der Waals surface area contributed by atoms with Gasteiger partial charge in [-0.2, -0.15) is 0 Å². The third-order valence-electron chi connectivity index (χ3n) is 4.24. The first kappa shape index (κ1) is 12.9. The van der Waals surface area contributed by atoms with Gasteiger partial charge in [0.1, 0.15) is 0 Å². The lowest BCUT2D eigenvalue weighted by atomic mass is 9.91. The van der Waals surface area contributed by atoms with Crippen molar-refractivity contribution in [3.63, 3.8) is 0 Å². The number of amides is 1. The van der Waals surface area contributed by atoms with Crippen molar-refractivity contribution in [1.82, 2.24) is 10.2 Å². The van der Waals surface area contributed by atoms with Gasteiger partial charge in [0, 0.05) is 32.1 Å². The predicted octanol–water partition coefficient (Wildman–Crippen LogP) is 2.17. The quantitative estimate of drug-likeness (QED) is 0.745. The minimum atomic E-state index is 0.402. The lowest BCUT2D eigenvalue weighted by Crippen LogP contribution is -2.48. The van der Waals surface area contributed by atoms with Crippen molar-refractivity contribution >= 4 is 5.91 Å². The van der Waals surface area contributed by atoms with Crippen LogP contribution in [0.2, 0.25) is 0 Å². The lowest BCUT2D eigenvalue weighted by molar-refractivity contribution is -0.135. The van der Waals surface area contributed by atoms with Crippen LogP contribution >= 0.6 is 0 Å². The largest absolute Gasteiger partial charge is 0.338 e. The second kappa shape index (κ2) is 6.39. The number of nitrogens with one attached hydrogen (secondary N) is 1. The number of carbonyl (C=O) groups is 1. The van der Waals surface area contributed by atoms with Gasteiger partial charge in [-0.15, -0.1) is 0 Å². The summed E-state index contributed by atoms with van der Waals surface area (Å²) in [5.41, 5.74) is 0. The number of likely N-dealkylation sites (tertiary alicyclic amines) is 1. The summed E-state index contributed by atoms with van der Waals surface area (Å²) < 4.78 is 0. The van der Waals surface area contributed by atoms with Crippen LogP contribution < -0.4 is 5.32 Å². The molecule has 2 unspecified atom stereocenters. The Morgan fingerprint density at radius 1 is 1.29 bits per heavy atom. The Labute approximate surface area is 105 Å². The maximum atomic E-state index is 12.2. The molecule has 0 aromatic heterocycles. The molecule has 0 aliphatic carbocycles. The molecule has 3 heteroatoms. The summed E-state index contributed by atoms with van der Waals surface area (Å²) in [6, 6.07) is 0.502. The van der Waals surface area contributed by atoms with Crippen LogP contribution in [0.25, 0.3) is 0 Å². The van der Waals surface area contributed by atoms with E-state index < -0.39 is 0 Å². The summed E-state index contributed by atoms with van der Waals surface area (Å²) in [6.45, 7) is 5.34. The first-order chi connectivity index (χ1) is 8.33. The zero-order valence-corrected chi connectivity index (χ0v) is 11.1. The first-order valence-electron chi connectivity index (χ1n) is 7.33. The summed E-state index contributed by atoms with van der Waals surface area (Å²) in [4.78, 5) is 14.4. The minimum absolute atomic E-state index is 0.402. The van der Waals surface area contributed by atoms with E-state index in [2.05, 4.69) is 17.1 Å². The zero-order chi connectivity index (χ0) is 12.1. The molecule has 1 amide bonds. The number of rotatable bonds is 5. The highest BCUT2D eigenvalue weighted by atomic mass is 16.2. The van der Waals surface area contributed by atoms with E-state index in [4.69, 9.17) is 0 Å². The third-order valence-corrected chi connectivity index (χ3v) is 4.24. The molecule has 2 fully saturated rings. The van der Waals surface area contributed by atoms with E-state index in [-0.39, 0.29) is 0 Å². The van der Waals surface area contributed by atoms with Crippen molar-refractivity contribution in [3.8, 4) is 0 Å². The van der Waals surface area contributed by atoms with Crippen LogP contribution in [-0.4, -0.2) is 36.5 Å². The van der Waals surface area contributed by atoms with Crippen molar-refractivity contribution in [3.05, 3.63) is 0 Å². The molecule has 2 heterocycles. The monoisotopic (exact) mass is 238 g/mol. The fourth-order valence-corrected chi connectivity index (χ4v) is 3.22. The van der Waals surface area contributed by atoms with E-state index in [9.17, 15) is 4.79 Å². The van der Waals surface area contributed by atoms with E-state index >= 15 is 0 Å². The smallest absolute Gasteiger partial charge is 0.222 e. The molecule has 2 saturated heterocycles. The molecule has 3 nitrogen and oxygen atoms in total. The van der Waals surface area contributed by atoms with E-state index in [0.717, 1.165) is 38.4 Å². The van der Waals surface area contributed by atoms with Crippen LogP contribution in [0, 0.1) is 5.92 Å². The number of carbonyl (C=O) groups excluding carboxylic acids is 1. The molecule has 2 aliphatic heterocycles. The Morgan fingerprint density at radius 2 is 2.18 bits per heavy atom. The maximum Gasteiger partial charge on any atom is 0.222 e. The fourth-order valence-electron chi connectivity index (χ4n) is 3.22. The maximum absolute atomic E-state index is 12.2. The average molecular weight is 238 g/mol. The van der Waals surface area contributed by atoms with Gasteiger partial charge in [0.15, 0.2) is 0 Å². The Hall–Kier alpha value is -0.570. The number of fused-ring (bicyclic) bond motifs is 1. The van der Waals surface area contributed by atoms with Crippen molar-refractivity contribution in [2.45, 2.75) is 57.9 Å². The lowest BCUT2D eigenvalue weighted by Gasteiger charge is -2.37. The van der Waals surface area contributed by atoms with Crippen LogP contribution in [0.15, 0.2) is 0 Å². The fraction of sp³-hybridized carbons (Fsp3) is 0.929. The van der Waals surface area contributed by atoms with Crippen LogP contribution in [0.5, 0.6) is 0 Å². The summed E-state index contributed by atoms with van der Waals surface area (Å²) in [5, 5.41) is 3.43. The Balaban J connectivity index is 1.77. The van der Waals surface area contributed by atoms with Crippen LogP contribution in [0.1, 0.15) is 51.9 Å². The van der Waals surface area contributed by atoms with Crippen LogP contribution in [0.4, 0.5) is 0 Å². The molecule has 98 valence electrons. The highest BCUT2D eigenvalue weighted by Crippen LogP contribution is 2.27. The van der Waals surface area contributed by atoms with Gasteiger partial charge in [-0.05, 0) is 25.2 Å². The first-order valence-corrected chi connectivity index (χ1v) is 7.33. The molecular formula is C14H26N2O. The molecular weight excluding hydrogens is 212 g/mol. The topological polar surface area (TPSA) is 32.3 Å². The van der Waals surface area contributed by atoms with Gasteiger partial charge in [-0.3, -0.25) is 4.79 Å². The van der Waals surface area contributed by atoms with Gasteiger partial charge in [-0.25, -0.2) is 0 Å². The molecule has 2 rings (SSSR count). The van der Waals surface area contributed by atoms with Crippen molar-refractivity contribution in [2.75, 3.05) is 19.6 Å². The molecule has 0 radical (unpaired) electrons. The minimum Gasteiger partial charge on any atom is -0.338 e. The number of hydrogen-bond donors (Lipinski definition) is 1. The van der Waals surface area contributed by atoms with Gasteiger partial charge < -0.3 is 10.2 Å². The van der Waals surface area contributed by atoms with E-state index in [1.165, 1.54) is 32.1 Å². The van der Waals surface area contributed by atoms with Crippen molar-refractivity contribution in [2.24, 2.45) is 5.92 Å². The Bertz CT molecular complexity index is 255. The second-order valence-electron chi connectivity index (χ2n) is 5.53. The van der Waals surface area contributed by atoms with Crippen molar-refractivity contribution in [1.29, 1.82) is 0 Å².